The Hall–Kier alpha value is -2.11. The lowest BCUT2D eigenvalue weighted by Gasteiger charge is -2.31. The molecular weight excluding hydrogens is 260 g/mol. The van der Waals surface area contributed by atoms with E-state index in [2.05, 4.69) is 4.98 Å². The van der Waals surface area contributed by atoms with Crippen LogP contribution in [0, 0.1) is 5.92 Å². The van der Waals surface area contributed by atoms with Gasteiger partial charge in [-0.1, -0.05) is 0 Å². The summed E-state index contributed by atoms with van der Waals surface area (Å²) in [6.45, 7) is 1.01. The smallest absolute Gasteiger partial charge is 0.310 e. The van der Waals surface area contributed by atoms with E-state index in [9.17, 15) is 9.59 Å². The summed E-state index contributed by atoms with van der Waals surface area (Å²) in [4.78, 5) is 29.8. The fourth-order valence-electron chi connectivity index (χ4n) is 2.41. The fraction of sp³-hybridized carbons (Fsp3) is 0.500. The zero-order valence-electron chi connectivity index (χ0n) is 11.7. The monoisotopic (exact) mass is 278 g/mol. The second-order valence-corrected chi connectivity index (χ2v) is 4.67. The van der Waals surface area contributed by atoms with Crippen LogP contribution in [-0.4, -0.2) is 49.1 Å². The summed E-state index contributed by atoms with van der Waals surface area (Å²) >= 11 is 0. The van der Waals surface area contributed by atoms with E-state index in [-0.39, 0.29) is 17.8 Å². The van der Waals surface area contributed by atoms with Crippen LogP contribution in [0.5, 0.6) is 5.88 Å². The summed E-state index contributed by atoms with van der Waals surface area (Å²) in [7, 11) is 2.85. The van der Waals surface area contributed by atoms with E-state index in [1.807, 2.05) is 0 Å². The van der Waals surface area contributed by atoms with Gasteiger partial charge in [0, 0.05) is 19.3 Å². The molecule has 0 unspecified atom stereocenters. The number of likely N-dealkylation sites (tertiary alicyclic amines) is 1. The maximum absolute atomic E-state index is 12.5. The van der Waals surface area contributed by atoms with Gasteiger partial charge in [-0.2, -0.15) is 0 Å². The normalized spacial score (nSPS) is 18.5. The number of pyridine rings is 1. The number of carbonyl (C=O) groups excluding carboxylic acids is 2. The number of methoxy groups -OCH3 is 2. The van der Waals surface area contributed by atoms with E-state index >= 15 is 0 Å². The van der Waals surface area contributed by atoms with Crippen molar-refractivity contribution in [2.24, 2.45) is 5.92 Å². The van der Waals surface area contributed by atoms with Crippen LogP contribution in [-0.2, 0) is 9.53 Å². The predicted octanol–water partition coefficient (Wildman–Crippen LogP) is 1.12. The number of amides is 1. The van der Waals surface area contributed by atoms with Crippen LogP contribution in [0.15, 0.2) is 18.3 Å². The first kappa shape index (κ1) is 14.3. The van der Waals surface area contributed by atoms with Gasteiger partial charge in [-0.15, -0.1) is 0 Å². The molecule has 1 aliphatic rings. The molecule has 20 heavy (non-hydrogen) atoms. The van der Waals surface area contributed by atoms with Crippen molar-refractivity contribution in [3.8, 4) is 5.88 Å². The average molecular weight is 278 g/mol. The highest BCUT2D eigenvalue weighted by Gasteiger charge is 2.30. The van der Waals surface area contributed by atoms with Crippen molar-refractivity contribution in [1.82, 2.24) is 9.88 Å². The summed E-state index contributed by atoms with van der Waals surface area (Å²) in [5, 5.41) is 0. The molecule has 0 N–H and O–H groups in total. The van der Waals surface area contributed by atoms with Gasteiger partial charge in [0.2, 0.25) is 5.88 Å². The number of aromatic nitrogens is 1. The van der Waals surface area contributed by atoms with Crippen molar-refractivity contribution in [1.29, 1.82) is 0 Å². The lowest BCUT2D eigenvalue weighted by atomic mass is 9.97. The Morgan fingerprint density at radius 3 is 2.90 bits per heavy atom. The second kappa shape index (κ2) is 6.36. The van der Waals surface area contributed by atoms with Crippen LogP contribution in [0.25, 0.3) is 0 Å². The molecule has 2 heterocycles. The molecule has 1 amide bonds. The van der Waals surface area contributed by atoms with Crippen LogP contribution in [0.2, 0.25) is 0 Å². The van der Waals surface area contributed by atoms with Gasteiger partial charge in [-0.25, -0.2) is 4.98 Å². The van der Waals surface area contributed by atoms with Crippen LogP contribution < -0.4 is 4.74 Å². The Labute approximate surface area is 117 Å². The second-order valence-electron chi connectivity index (χ2n) is 4.67. The lowest BCUT2D eigenvalue weighted by Crippen LogP contribution is -2.42. The Morgan fingerprint density at radius 2 is 2.20 bits per heavy atom. The lowest BCUT2D eigenvalue weighted by molar-refractivity contribution is -0.146. The van der Waals surface area contributed by atoms with E-state index in [0.29, 0.717) is 24.5 Å². The third-order valence-corrected chi connectivity index (χ3v) is 3.44. The van der Waals surface area contributed by atoms with Crippen molar-refractivity contribution in [2.45, 2.75) is 12.8 Å². The molecule has 2 rings (SSSR count). The van der Waals surface area contributed by atoms with Crippen molar-refractivity contribution < 1.29 is 19.1 Å². The Morgan fingerprint density at radius 1 is 1.40 bits per heavy atom. The van der Waals surface area contributed by atoms with Crippen LogP contribution in [0.1, 0.15) is 23.2 Å². The molecule has 1 atom stereocenters. The molecule has 1 aromatic rings. The van der Waals surface area contributed by atoms with Crippen molar-refractivity contribution in [2.75, 3.05) is 27.3 Å². The molecular formula is C14H18N2O4. The summed E-state index contributed by atoms with van der Waals surface area (Å²) in [5.74, 6) is -0.373. The molecule has 1 fully saturated rings. The van der Waals surface area contributed by atoms with E-state index in [4.69, 9.17) is 9.47 Å². The molecule has 0 spiro atoms. The van der Waals surface area contributed by atoms with Crippen LogP contribution >= 0.6 is 0 Å². The molecule has 0 aliphatic carbocycles. The Bertz CT molecular complexity index is 504. The standard InChI is InChI=1S/C14H18N2O4/c1-19-12-11(6-3-7-15-12)13(17)16-8-4-5-10(9-16)14(18)20-2/h3,6-7,10H,4-5,8-9H2,1-2H3/t10-/m0/s1. The fourth-order valence-corrected chi connectivity index (χ4v) is 2.41. The molecule has 108 valence electrons. The molecule has 6 heteroatoms. The highest BCUT2D eigenvalue weighted by atomic mass is 16.5. The van der Waals surface area contributed by atoms with Gasteiger partial charge in [0.05, 0.1) is 20.1 Å². The maximum atomic E-state index is 12.5. The summed E-state index contributed by atoms with van der Waals surface area (Å²) < 4.78 is 9.86. The third-order valence-electron chi connectivity index (χ3n) is 3.44. The number of nitrogens with zero attached hydrogens (tertiary/aromatic N) is 2. The molecule has 6 nitrogen and oxygen atoms in total. The number of hydrogen-bond donors (Lipinski definition) is 0. The van der Waals surface area contributed by atoms with Crippen molar-refractivity contribution in [3.05, 3.63) is 23.9 Å². The van der Waals surface area contributed by atoms with Crippen molar-refractivity contribution in [3.63, 3.8) is 0 Å². The number of hydrogen-bond acceptors (Lipinski definition) is 5. The maximum Gasteiger partial charge on any atom is 0.310 e. The number of piperidine rings is 1. The number of esters is 1. The van der Waals surface area contributed by atoms with Gasteiger partial charge < -0.3 is 14.4 Å². The Balaban J connectivity index is 2.14. The molecule has 1 saturated heterocycles. The van der Waals surface area contributed by atoms with Gasteiger partial charge in [0.25, 0.3) is 5.91 Å². The van der Waals surface area contributed by atoms with Crippen LogP contribution in [0.3, 0.4) is 0 Å². The zero-order chi connectivity index (χ0) is 14.5. The SMILES string of the molecule is COC(=O)[C@H]1CCCN(C(=O)c2cccnc2OC)C1. The summed E-state index contributed by atoms with van der Waals surface area (Å²) in [6.07, 6.45) is 3.11. The molecule has 0 radical (unpaired) electrons. The van der Waals surface area contributed by atoms with Gasteiger partial charge in [-0.05, 0) is 25.0 Å². The minimum atomic E-state index is -0.263. The quantitative estimate of drug-likeness (QED) is 0.775. The van der Waals surface area contributed by atoms with Gasteiger partial charge in [0.15, 0.2) is 0 Å². The number of carbonyl (C=O) groups is 2. The summed E-state index contributed by atoms with van der Waals surface area (Å²) in [5.41, 5.74) is 0.417. The van der Waals surface area contributed by atoms with E-state index in [1.165, 1.54) is 14.2 Å². The van der Waals surface area contributed by atoms with Gasteiger partial charge in [-0.3, -0.25) is 9.59 Å². The average Bonchev–Trinajstić information content (AvgIpc) is 2.53. The highest BCUT2D eigenvalue weighted by molar-refractivity contribution is 5.96. The molecule has 0 aromatic carbocycles. The number of rotatable bonds is 3. The molecule has 1 aromatic heterocycles. The third kappa shape index (κ3) is 2.89. The van der Waals surface area contributed by atoms with E-state index in [1.54, 1.807) is 23.2 Å². The molecule has 0 saturated carbocycles. The highest BCUT2D eigenvalue weighted by Crippen LogP contribution is 2.22. The largest absolute Gasteiger partial charge is 0.480 e. The van der Waals surface area contributed by atoms with E-state index in [0.717, 1.165) is 12.8 Å². The zero-order valence-corrected chi connectivity index (χ0v) is 11.7. The summed E-state index contributed by atoms with van der Waals surface area (Å²) in [6, 6.07) is 3.37. The van der Waals surface area contributed by atoms with Crippen molar-refractivity contribution >= 4 is 11.9 Å². The molecule has 0 bridgehead atoms. The van der Waals surface area contributed by atoms with E-state index < -0.39 is 0 Å². The minimum absolute atomic E-state index is 0.163. The first-order chi connectivity index (χ1) is 9.67. The van der Waals surface area contributed by atoms with Gasteiger partial charge >= 0.3 is 5.97 Å². The first-order valence-corrected chi connectivity index (χ1v) is 6.53. The van der Waals surface area contributed by atoms with Gasteiger partial charge in [0.1, 0.15) is 5.56 Å². The number of ether oxygens (including phenoxy) is 2. The minimum Gasteiger partial charge on any atom is -0.480 e. The first-order valence-electron chi connectivity index (χ1n) is 6.53. The topological polar surface area (TPSA) is 68.7 Å². The predicted molar refractivity (Wildman–Crippen MR) is 71.4 cm³/mol. The molecule has 1 aliphatic heterocycles. The van der Waals surface area contributed by atoms with Crippen LogP contribution in [0.4, 0.5) is 0 Å². The Kier molecular flexibility index (Phi) is 4.55.